The van der Waals surface area contributed by atoms with Gasteiger partial charge in [-0.1, -0.05) is 56.5 Å². The molecule has 5 rings (SSSR count). The SMILES string of the molecule is C=CCN1C(=O)C(=Cc2ccc(-c3nc(C4(C)C[C@H]5CCC[C@H]5C4)cs3)cc2)C(=O)NC1=S. The number of hydrogen-bond acceptors (Lipinski definition) is 5. The maximum atomic E-state index is 12.7. The predicted molar refractivity (Wildman–Crippen MR) is 136 cm³/mol. The fourth-order valence-electron chi connectivity index (χ4n) is 5.66. The van der Waals surface area contributed by atoms with Crippen LogP contribution in [-0.4, -0.2) is 33.4 Å². The van der Waals surface area contributed by atoms with Crippen LogP contribution in [0.1, 0.15) is 50.3 Å². The number of thiazole rings is 1. The second-order valence-electron chi connectivity index (χ2n) is 9.60. The average Bonchev–Trinajstić information content (AvgIpc) is 3.50. The summed E-state index contributed by atoms with van der Waals surface area (Å²) in [5.41, 5.74) is 3.31. The lowest BCUT2D eigenvalue weighted by Crippen LogP contribution is -2.53. The first kappa shape index (κ1) is 22.2. The highest BCUT2D eigenvalue weighted by Gasteiger charge is 2.46. The van der Waals surface area contributed by atoms with Crippen molar-refractivity contribution in [2.45, 2.75) is 44.4 Å². The second kappa shape index (κ2) is 8.61. The molecule has 33 heavy (non-hydrogen) atoms. The Kier molecular flexibility index (Phi) is 5.79. The maximum absolute atomic E-state index is 12.7. The lowest BCUT2D eigenvalue weighted by Gasteiger charge is -2.27. The first-order valence-electron chi connectivity index (χ1n) is 11.4. The van der Waals surface area contributed by atoms with E-state index < -0.39 is 11.8 Å². The fourth-order valence-corrected chi connectivity index (χ4v) is 6.90. The van der Waals surface area contributed by atoms with Gasteiger partial charge in [-0.15, -0.1) is 17.9 Å². The molecule has 1 saturated heterocycles. The third-order valence-corrected chi connectivity index (χ3v) is 8.54. The van der Waals surface area contributed by atoms with Gasteiger partial charge in [0.05, 0.1) is 5.69 Å². The smallest absolute Gasteiger partial charge is 0.265 e. The molecule has 3 aliphatic rings. The van der Waals surface area contributed by atoms with Gasteiger partial charge >= 0.3 is 0 Å². The zero-order valence-corrected chi connectivity index (χ0v) is 20.3. The van der Waals surface area contributed by atoms with Gasteiger partial charge < -0.3 is 0 Å². The lowest BCUT2D eigenvalue weighted by molar-refractivity contribution is -0.128. The van der Waals surface area contributed by atoms with Crippen molar-refractivity contribution < 1.29 is 9.59 Å². The summed E-state index contributed by atoms with van der Waals surface area (Å²) in [6.07, 6.45) is 9.85. The van der Waals surface area contributed by atoms with Gasteiger partial charge in [-0.05, 0) is 48.5 Å². The molecule has 7 heteroatoms. The van der Waals surface area contributed by atoms with E-state index >= 15 is 0 Å². The number of amides is 2. The second-order valence-corrected chi connectivity index (χ2v) is 10.8. The summed E-state index contributed by atoms with van der Waals surface area (Å²) in [5, 5.41) is 5.92. The van der Waals surface area contributed by atoms with Crippen molar-refractivity contribution in [3.05, 3.63) is 59.1 Å². The predicted octanol–water partition coefficient (Wildman–Crippen LogP) is 5.09. The molecule has 3 atom stereocenters. The van der Waals surface area contributed by atoms with E-state index in [1.54, 1.807) is 23.5 Å². The van der Waals surface area contributed by atoms with E-state index in [1.807, 2.05) is 24.3 Å². The molecule has 1 aliphatic heterocycles. The lowest BCUT2D eigenvalue weighted by atomic mass is 9.83. The molecule has 1 aromatic carbocycles. The molecular formula is C26H27N3O2S2. The number of nitrogens with zero attached hydrogens (tertiary/aromatic N) is 2. The first-order valence-corrected chi connectivity index (χ1v) is 12.7. The molecule has 0 bridgehead atoms. The van der Waals surface area contributed by atoms with E-state index in [0.29, 0.717) is 0 Å². The molecule has 5 nitrogen and oxygen atoms in total. The van der Waals surface area contributed by atoms with Crippen LogP contribution >= 0.6 is 23.6 Å². The van der Waals surface area contributed by atoms with Gasteiger partial charge in [0.25, 0.3) is 11.8 Å². The van der Waals surface area contributed by atoms with Crippen molar-refractivity contribution in [1.29, 1.82) is 0 Å². The molecule has 3 fully saturated rings. The normalized spacial score (nSPS) is 28.3. The van der Waals surface area contributed by atoms with Crippen LogP contribution in [0.5, 0.6) is 0 Å². The Bertz CT molecular complexity index is 1150. The van der Waals surface area contributed by atoms with Gasteiger partial charge in [-0.2, -0.15) is 0 Å². The minimum atomic E-state index is -0.478. The van der Waals surface area contributed by atoms with E-state index in [4.69, 9.17) is 17.2 Å². The summed E-state index contributed by atoms with van der Waals surface area (Å²) in [7, 11) is 0. The standard InChI is InChI=1S/C26H27N3O2S2/c1-3-11-29-24(31)20(22(30)28-25(29)32)12-16-7-9-17(10-8-16)23-27-21(15-33-23)26(2)13-18-5-4-6-19(18)14-26/h3,7-10,12,15,18-19H,1,4-6,11,13-14H2,2H3,(H,28,30,32)/t18-,19+,26?. The molecule has 1 unspecified atom stereocenters. The quantitative estimate of drug-likeness (QED) is 0.282. The zero-order chi connectivity index (χ0) is 23.2. The van der Waals surface area contributed by atoms with Crippen LogP contribution in [0.25, 0.3) is 16.6 Å². The molecule has 2 heterocycles. The molecular weight excluding hydrogens is 450 g/mol. The van der Waals surface area contributed by atoms with Crippen LogP contribution in [0, 0.1) is 11.8 Å². The van der Waals surface area contributed by atoms with Gasteiger partial charge in [-0.3, -0.25) is 19.8 Å². The van der Waals surface area contributed by atoms with Crippen molar-refractivity contribution in [2.75, 3.05) is 6.54 Å². The Morgan fingerprint density at radius 3 is 2.61 bits per heavy atom. The molecule has 1 aromatic heterocycles. The minimum Gasteiger partial charge on any atom is -0.298 e. The third-order valence-electron chi connectivity index (χ3n) is 7.33. The van der Waals surface area contributed by atoms with Gasteiger partial charge in [0.2, 0.25) is 0 Å². The number of carbonyl (C=O) groups excluding carboxylic acids is 2. The number of nitrogens with one attached hydrogen (secondary N) is 1. The Morgan fingerprint density at radius 1 is 1.24 bits per heavy atom. The molecule has 1 N–H and O–H groups in total. The number of rotatable bonds is 5. The third kappa shape index (κ3) is 4.08. The molecule has 2 saturated carbocycles. The Labute approximate surface area is 203 Å². The zero-order valence-electron chi connectivity index (χ0n) is 18.7. The van der Waals surface area contributed by atoms with Crippen LogP contribution in [0.15, 0.2) is 47.9 Å². The number of aromatic nitrogens is 1. The van der Waals surface area contributed by atoms with E-state index in [2.05, 4.69) is 24.2 Å². The van der Waals surface area contributed by atoms with Crippen LogP contribution in [0.2, 0.25) is 0 Å². The highest BCUT2D eigenvalue weighted by molar-refractivity contribution is 7.80. The van der Waals surface area contributed by atoms with E-state index in [9.17, 15) is 9.59 Å². The molecule has 2 aliphatic carbocycles. The van der Waals surface area contributed by atoms with Gasteiger partial charge in [-0.25, -0.2) is 4.98 Å². The maximum Gasteiger partial charge on any atom is 0.265 e. The van der Waals surface area contributed by atoms with Crippen molar-refractivity contribution in [1.82, 2.24) is 15.2 Å². The molecule has 0 spiro atoms. The highest BCUT2D eigenvalue weighted by atomic mass is 32.1. The molecule has 2 aromatic rings. The number of benzene rings is 1. The number of hydrogen-bond donors (Lipinski definition) is 1. The van der Waals surface area contributed by atoms with Crippen molar-refractivity contribution >= 4 is 46.6 Å². The van der Waals surface area contributed by atoms with E-state index in [-0.39, 0.29) is 22.6 Å². The molecule has 0 radical (unpaired) electrons. The fraction of sp³-hybridized carbons (Fsp3) is 0.385. The summed E-state index contributed by atoms with van der Waals surface area (Å²) in [6, 6.07) is 7.82. The van der Waals surface area contributed by atoms with Gasteiger partial charge in [0.15, 0.2) is 5.11 Å². The Balaban J connectivity index is 1.34. The van der Waals surface area contributed by atoms with Crippen LogP contribution in [-0.2, 0) is 15.0 Å². The van der Waals surface area contributed by atoms with Gasteiger partial charge in [0.1, 0.15) is 10.6 Å². The molecule has 2 amide bonds. The average molecular weight is 478 g/mol. The van der Waals surface area contributed by atoms with E-state index in [0.717, 1.165) is 28.0 Å². The topological polar surface area (TPSA) is 62.3 Å². The Morgan fingerprint density at radius 2 is 1.94 bits per heavy atom. The number of thiocarbonyl (C=S) groups is 1. The summed E-state index contributed by atoms with van der Waals surface area (Å²) < 4.78 is 0. The summed E-state index contributed by atoms with van der Waals surface area (Å²) in [5.74, 6) is 0.869. The van der Waals surface area contributed by atoms with Crippen LogP contribution < -0.4 is 5.32 Å². The van der Waals surface area contributed by atoms with Gasteiger partial charge in [0, 0.05) is 22.9 Å². The largest absolute Gasteiger partial charge is 0.298 e. The van der Waals surface area contributed by atoms with Crippen molar-refractivity contribution in [3.63, 3.8) is 0 Å². The first-order chi connectivity index (χ1) is 15.9. The molecule has 170 valence electrons. The summed E-state index contributed by atoms with van der Waals surface area (Å²) in [6.45, 7) is 6.28. The van der Waals surface area contributed by atoms with E-state index in [1.165, 1.54) is 42.7 Å². The number of fused-ring (bicyclic) bond motifs is 1. The van der Waals surface area contributed by atoms with Crippen LogP contribution in [0.3, 0.4) is 0 Å². The number of carbonyl (C=O) groups is 2. The highest BCUT2D eigenvalue weighted by Crippen LogP contribution is 2.54. The summed E-state index contributed by atoms with van der Waals surface area (Å²) >= 11 is 6.79. The monoisotopic (exact) mass is 477 g/mol. The Hall–Kier alpha value is -2.64. The van der Waals surface area contributed by atoms with Crippen molar-refractivity contribution in [2.24, 2.45) is 11.8 Å². The van der Waals surface area contributed by atoms with Crippen molar-refractivity contribution in [3.8, 4) is 10.6 Å². The minimum absolute atomic E-state index is 0.0643. The van der Waals surface area contributed by atoms with Crippen LogP contribution in [0.4, 0.5) is 0 Å². The summed E-state index contributed by atoms with van der Waals surface area (Å²) in [4.78, 5) is 31.4.